The zero-order valence-electron chi connectivity index (χ0n) is 18.4. The van der Waals surface area contributed by atoms with Crippen LogP contribution in [0.25, 0.3) is 21.5 Å². The fourth-order valence-electron chi connectivity index (χ4n) is 2.85. The summed E-state index contributed by atoms with van der Waals surface area (Å²) in [7, 11) is 3.35. The first-order chi connectivity index (χ1) is 14.5. The van der Waals surface area contributed by atoms with Crippen LogP contribution in [0.5, 0.6) is 0 Å². The van der Waals surface area contributed by atoms with E-state index in [1.165, 1.54) is 28.0 Å². The van der Waals surface area contributed by atoms with Crippen LogP contribution in [0.4, 0.5) is 16.2 Å². The Kier molecular flexibility index (Phi) is 6.42. The van der Waals surface area contributed by atoms with Crippen molar-refractivity contribution in [3.63, 3.8) is 0 Å². The van der Waals surface area contributed by atoms with Crippen molar-refractivity contribution in [2.24, 2.45) is 0 Å². The van der Waals surface area contributed by atoms with Gasteiger partial charge >= 0.3 is 6.03 Å². The molecule has 2 aromatic heterocycles. The lowest BCUT2D eigenvalue weighted by Gasteiger charge is -2.20. The number of nitrogens with two attached hydrogens (primary N) is 1. The lowest BCUT2D eigenvalue weighted by molar-refractivity contribution is 0.0924. The average Bonchev–Trinajstić information content (AvgIpc) is 3.02. The van der Waals surface area contributed by atoms with Crippen molar-refractivity contribution in [1.29, 1.82) is 0 Å². The quantitative estimate of drug-likeness (QED) is 0.397. The summed E-state index contributed by atoms with van der Waals surface area (Å²) in [6, 6.07) is 7.13. The number of nitrogens with zero attached hydrogens (tertiary/aromatic N) is 3. The highest BCUT2D eigenvalue weighted by Crippen LogP contribution is 2.39. The third-order valence-electron chi connectivity index (χ3n) is 4.24. The van der Waals surface area contributed by atoms with E-state index in [0.717, 1.165) is 5.56 Å². The van der Waals surface area contributed by atoms with Crippen LogP contribution in [0.15, 0.2) is 29.4 Å². The Labute approximate surface area is 189 Å². The Balaban J connectivity index is 2.14. The van der Waals surface area contributed by atoms with E-state index >= 15 is 0 Å². The van der Waals surface area contributed by atoms with Gasteiger partial charge in [-0.25, -0.2) is 14.8 Å². The van der Waals surface area contributed by atoms with Crippen LogP contribution in [-0.2, 0) is 0 Å². The number of hydrogen-bond acceptors (Lipinski definition) is 7. The van der Waals surface area contributed by atoms with Gasteiger partial charge in [-0.2, -0.15) is 0 Å². The minimum absolute atomic E-state index is 0.231. The summed E-state index contributed by atoms with van der Waals surface area (Å²) in [6.45, 7) is 5.75. The van der Waals surface area contributed by atoms with E-state index in [2.05, 4.69) is 20.6 Å². The first kappa shape index (κ1) is 22.8. The molecule has 3 aromatic rings. The minimum atomic E-state index is -0.391. The highest BCUT2D eigenvalue weighted by molar-refractivity contribution is 7.98. The Morgan fingerprint density at radius 3 is 2.52 bits per heavy atom. The van der Waals surface area contributed by atoms with E-state index in [4.69, 9.17) is 5.73 Å². The summed E-state index contributed by atoms with van der Waals surface area (Å²) < 4.78 is 0. The van der Waals surface area contributed by atoms with E-state index in [9.17, 15) is 9.59 Å². The van der Waals surface area contributed by atoms with Crippen molar-refractivity contribution in [2.45, 2.75) is 31.5 Å². The SMILES string of the molecule is CSc1nc(-c2cccc(NC(=O)N(C)C)c2)c2c(N)c(C(=O)NC(C)(C)C)sc2n1. The number of carbonyl (C=O) groups excluding carboxylic acids is 2. The maximum absolute atomic E-state index is 12.8. The summed E-state index contributed by atoms with van der Waals surface area (Å²) in [5, 5.41) is 7.00. The maximum Gasteiger partial charge on any atom is 0.321 e. The molecular weight excluding hydrogens is 432 g/mol. The first-order valence-electron chi connectivity index (χ1n) is 9.55. The summed E-state index contributed by atoms with van der Waals surface area (Å²) in [4.78, 5) is 36.6. The number of urea groups is 1. The predicted molar refractivity (Wildman–Crippen MR) is 129 cm³/mol. The van der Waals surface area contributed by atoms with Gasteiger partial charge in [0.05, 0.1) is 16.8 Å². The van der Waals surface area contributed by atoms with E-state index in [0.29, 0.717) is 37.3 Å². The third-order valence-corrected chi connectivity index (χ3v) is 5.88. The maximum atomic E-state index is 12.8. The number of nitrogens with one attached hydrogen (secondary N) is 2. The molecule has 0 fully saturated rings. The van der Waals surface area contributed by atoms with Crippen molar-refractivity contribution < 1.29 is 9.59 Å². The molecule has 164 valence electrons. The van der Waals surface area contributed by atoms with Crippen molar-refractivity contribution in [1.82, 2.24) is 20.2 Å². The van der Waals surface area contributed by atoms with Crippen LogP contribution in [0, 0.1) is 0 Å². The number of thiophene rings is 1. The summed E-state index contributed by atoms with van der Waals surface area (Å²) >= 11 is 2.66. The molecule has 4 N–H and O–H groups in total. The van der Waals surface area contributed by atoms with Gasteiger partial charge in [0, 0.05) is 30.9 Å². The first-order valence-corrected chi connectivity index (χ1v) is 11.6. The second-order valence-corrected chi connectivity index (χ2v) is 9.97. The second-order valence-electron chi connectivity index (χ2n) is 8.19. The highest BCUT2D eigenvalue weighted by Gasteiger charge is 2.24. The summed E-state index contributed by atoms with van der Waals surface area (Å²) in [5.41, 5.74) is 8.42. The monoisotopic (exact) mass is 458 g/mol. The van der Waals surface area contributed by atoms with E-state index < -0.39 is 5.54 Å². The Morgan fingerprint density at radius 1 is 1.19 bits per heavy atom. The standard InChI is InChI=1S/C21H26N6O2S2/c1-21(2,3)26-17(28)16-14(22)13-15(24-19(30-6)25-18(13)31-16)11-8-7-9-12(10-11)23-20(29)27(4)5/h7-10H,22H2,1-6H3,(H,23,29)(H,26,28). The zero-order valence-corrected chi connectivity index (χ0v) is 20.0. The Bertz CT molecular complexity index is 1150. The number of rotatable bonds is 4. The van der Waals surface area contributed by atoms with Crippen LogP contribution in [0.1, 0.15) is 30.4 Å². The number of carbonyl (C=O) groups is 2. The molecule has 8 nitrogen and oxygen atoms in total. The number of amides is 3. The molecule has 0 aliphatic heterocycles. The molecule has 0 aliphatic rings. The molecule has 0 radical (unpaired) electrons. The molecule has 0 unspecified atom stereocenters. The summed E-state index contributed by atoms with van der Waals surface area (Å²) in [6.07, 6.45) is 1.89. The summed E-state index contributed by atoms with van der Waals surface area (Å²) in [5.74, 6) is -0.239. The third kappa shape index (κ3) is 5.08. The normalized spacial score (nSPS) is 11.4. The van der Waals surface area contributed by atoms with Gasteiger partial charge in [0.2, 0.25) is 0 Å². The lowest BCUT2D eigenvalue weighted by Crippen LogP contribution is -2.40. The number of anilines is 2. The van der Waals surface area contributed by atoms with E-state index in [-0.39, 0.29) is 11.9 Å². The molecule has 0 saturated carbocycles. The molecular formula is C21H26N6O2S2. The molecule has 0 spiro atoms. The number of hydrogen-bond donors (Lipinski definition) is 3. The number of fused-ring (bicyclic) bond motifs is 1. The number of aromatic nitrogens is 2. The van der Waals surface area contributed by atoms with Gasteiger partial charge in [-0.1, -0.05) is 23.9 Å². The van der Waals surface area contributed by atoms with E-state index in [1.54, 1.807) is 20.2 Å². The molecule has 3 amide bonds. The molecule has 3 rings (SSSR count). The largest absolute Gasteiger partial charge is 0.397 e. The second kappa shape index (κ2) is 8.72. The molecule has 2 heterocycles. The van der Waals surface area contributed by atoms with Gasteiger partial charge in [0.1, 0.15) is 9.71 Å². The van der Waals surface area contributed by atoms with Gasteiger partial charge in [-0.15, -0.1) is 11.3 Å². The van der Waals surface area contributed by atoms with Gasteiger partial charge in [0.25, 0.3) is 5.91 Å². The van der Waals surface area contributed by atoms with Crippen molar-refractivity contribution in [3.05, 3.63) is 29.1 Å². The van der Waals surface area contributed by atoms with Gasteiger partial charge in [-0.05, 0) is 39.2 Å². The van der Waals surface area contributed by atoms with Gasteiger partial charge in [0.15, 0.2) is 5.16 Å². The molecule has 10 heteroatoms. The Morgan fingerprint density at radius 2 is 1.90 bits per heavy atom. The van der Waals surface area contributed by atoms with Crippen LogP contribution in [0.2, 0.25) is 0 Å². The molecule has 1 aromatic carbocycles. The zero-order chi connectivity index (χ0) is 22.9. The van der Waals surface area contributed by atoms with Crippen LogP contribution < -0.4 is 16.4 Å². The molecule has 0 aliphatic carbocycles. The number of benzene rings is 1. The van der Waals surface area contributed by atoms with Crippen molar-refractivity contribution >= 4 is 56.6 Å². The molecule has 31 heavy (non-hydrogen) atoms. The van der Waals surface area contributed by atoms with Gasteiger partial charge < -0.3 is 21.3 Å². The Hall–Kier alpha value is -2.85. The van der Waals surface area contributed by atoms with Crippen LogP contribution in [0.3, 0.4) is 0 Å². The topological polar surface area (TPSA) is 113 Å². The highest BCUT2D eigenvalue weighted by atomic mass is 32.2. The fraction of sp³-hybridized carbons (Fsp3) is 0.333. The predicted octanol–water partition coefficient (Wildman–Crippen LogP) is 4.28. The van der Waals surface area contributed by atoms with E-state index in [1.807, 2.05) is 45.2 Å². The minimum Gasteiger partial charge on any atom is -0.397 e. The van der Waals surface area contributed by atoms with Crippen LogP contribution >= 0.6 is 23.1 Å². The van der Waals surface area contributed by atoms with Crippen molar-refractivity contribution in [2.75, 3.05) is 31.4 Å². The smallest absolute Gasteiger partial charge is 0.321 e. The number of nitrogen functional groups attached to an aromatic ring is 1. The number of thioether (sulfide) groups is 1. The van der Waals surface area contributed by atoms with Crippen molar-refractivity contribution in [3.8, 4) is 11.3 Å². The average molecular weight is 459 g/mol. The van der Waals surface area contributed by atoms with Crippen LogP contribution in [-0.4, -0.2) is 52.7 Å². The lowest BCUT2D eigenvalue weighted by atomic mass is 10.1. The fourth-order valence-corrected chi connectivity index (χ4v) is 4.26. The molecule has 0 bridgehead atoms. The van der Waals surface area contributed by atoms with Gasteiger partial charge in [-0.3, -0.25) is 4.79 Å². The molecule has 0 atom stereocenters. The molecule has 0 saturated heterocycles.